The average molecular weight is 988 g/mol. The van der Waals surface area contributed by atoms with E-state index in [9.17, 15) is 62.3 Å². The number of aromatic nitrogens is 2. The largest absolute Gasteiger partial charge is 0.287 e. The van der Waals surface area contributed by atoms with Crippen molar-refractivity contribution in [2.45, 2.75) is 38.6 Å². The molecule has 1 fully saturated rings. The highest BCUT2D eigenvalue weighted by atomic mass is 19.2. The number of carbonyl (C=O) groups excluding carboxylic acids is 2. The van der Waals surface area contributed by atoms with Crippen molar-refractivity contribution in [1.29, 1.82) is 0 Å². The maximum absolute atomic E-state index is 15.4. The first-order chi connectivity index (χ1) is 32.0. The summed E-state index contributed by atoms with van der Waals surface area (Å²) in [5.41, 5.74) is -13.1. The topological polar surface area (TPSA) is 50.9 Å². The van der Waals surface area contributed by atoms with Gasteiger partial charge in [0.2, 0.25) is 18.1 Å². The number of hydrogen-bond donors (Lipinski definition) is 0. The van der Waals surface area contributed by atoms with Gasteiger partial charge in [0.25, 0.3) is 5.69 Å². The van der Waals surface area contributed by atoms with Gasteiger partial charge in [0, 0.05) is 11.5 Å². The molecule has 7 rings (SSSR count). The second kappa shape index (κ2) is 19.4. The molecule has 25 heteroatoms. The van der Waals surface area contributed by atoms with Crippen LogP contribution >= 0.6 is 0 Å². The molecule has 0 amide bonds. The molecule has 0 unspecified atom stereocenters. The summed E-state index contributed by atoms with van der Waals surface area (Å²) >= 11 is 0. The molecule has 1 heterocycles. The third kappa shape index (κ3) is 8.21. The molecule has 6 aromatic rings. The van der Waals surface area contributed by atoms with Gasteiger partial charge >= 0.3 is 0 Å². The van der Waals surface area contributed by atoms with E-state index < -0.39 is 144 Å². The van der Waals surface area contributed by atoms with Gasteiger partial charge in [-0.25, -0.2) is 87.8 Å². The van der Waals surface area contributed by atoms with Gasteiger partial charge in [-0.05, 0) is 12.8 Å². The molecule has 0 aliphatic heterocycles. The van der Waals surface area contributed by atoms with Gasteiger partial charge in [0.05, 0.1) is 6.20 Å². The number of nitrogens with zero attached hydrogens (tertiary/aromatic N) is 2. The zero-order valence-electron chi connectivity index (χ0n) is 33.3. The fourth-order valence-corrected chi connectivity index (χ4v) is 8.05. The molecule has 358 valence electrons. The lowest BCUT2D eigenvalue weighted by Gasteiger charge is -2.44. The molecule has 0 spiro atoms. The number of rotatable bonds is 9. The second-order valence-electron chi connectivity index (χ2n) is 14.9. The van der Waals surface area contributed by atoms with Crippen LogP contribution in [0, 0.1) is 122 Å². The fourth-order valence-electron chi connectivity index (χ4n) is 8.05. The summed E-state index contributed by atoms with van der Waals surface area (Å²) in [6.45, 7) is 0.167. The highest BCUT2D eigenvalue weighted by Crippen LogP contribution is 2.31. The lowest BCUT2D eigenvalue weighted by atomic mass is 9.12. The predicted molar refractivity (Wildman–Crippen MR) is 195 cm³/mol. The quantitative estimate of drug-likeness (QED) is 0.0364. The smallest absolute Gasteiger partial charge is 0.267 e. The summed E-state index contributed by atoms with van der Waals surface area (Å²) < 4.78 is 296. The molecular formula is C43H21BF20N2O2. The van der Waals surface area contributed by atoms with Gasteiger partial charge in [-0.15, -0.1) is 21.9 Å². The molecule has 0 N–H and O–H groups in total. The molecule has 0 atom stereocenters. The standard InChI is InChI=1S/C24BF20.C19H21N2O2/c26-5-1(6(27)14(35)21(42)13(5)34)25(2-7(28)15(36)22(43)16(37)8(2)29,3-9(30)17(38)23(44)18(39)10(3)31)4-11(32)19(40)24(45)20(41)12(4)33;22-18(15-7-3-1-4-8-15)14-21-12-11-20-13-17(21)19(23)16-9-5-2-6-10-16/h;1,3-4,7-8,11-13,16H,2,5-6,9-10,14H2/q-1;+1. The van der Waals surface area contributed by atoms with E-state index in [1.165, 1.54) is 6.42 Å². The van der Waals surface area contributed by atoms with Crippen molar-refractivity contribution in [3.63, 3.8) is 0 Å². The number of Topliss-reactive ketones (excluding diaryl/α,β-unsaturated/α-hetero) is 2. The van der Waals surface area contributed by atoms with Crippen molar-refractivity contribution < 1.29 is 102 Å². The molecular weight excluding hydrogens is 967 g/mol. The first-order valence-corrected chi connectivity index (χ1v) is 19.1. The maximum atomic E-state index is 15.4. The zero-order valence-corrected chi connectivity index (χ0v) is 33.3. The van der Waals surface area contributed by atoms with Gasteiger partial charge < -0.3 is 0 Å². The number of ketones is 2. The molecule has 1 aliphatic carbocycles. The van der Waals surface area contributed by atoms with Gasteiger partial charge in [0.15, 0.2) is 76.0 Å². The summed E-state index contributed by atoms with van der Waals surface area (Å²) in [5, 5.41) is 0. The van der Waals surface area contributed by atoms with Crippen LogP contribution in [0.3, 0.4) is 0 Å². The van der Waals surface area contributed by atoms with Crippen LogP contribution in [0.1, 0.15) is 53.0 Å². The third-order valence-corrected chi connectivity index (χ3v) is 11.2. The van der Waals surface area contributed by atoms with E-state index in [1.54, 1.807) is 35.3 Å². The summed E-state index contributed by atoms with van der Waals surface area (Å²) in [5.74, 6) is -71.2. The van der Waals surface area contributed by atoms with Crippen LogP contribution in [-0.4, -0.2) is 22.7 Å². The van der Waals surface area contributed by atoms with Gasteiger partial charge in [-0.2, -0.15) is 4.57 Å². The van der Waals surface area contributed by atoms with Gasteiger partial charge in [-0.3, -0.25) is 14.6 Å². The van der Waals surface area contributed by atoms with Crippen molar-refractivity contribution in [3.8, 4) is 0 Å². The lowest BCUT2D eigenvalue weighted by molar-refractivity contribution is -0.685. The summed E-state index contributed by atoms with van der Waals surface area (Å²) in [6.07, 6.45) is 3.04. The van der Waals surface area contributed by atoms with Crippen LogP contribution in [0.4, 0.5) is 87.8 Å². The minimum absolute atomic E-state index is 0.000468. The van der Waals surface area contributed by atoms with Crippen LogP contribution in [-0.2, 0) is 6.54 Å². The molecule has 0 saturated heterocycles. The van der Waals surface area contributed by atoms with E-state index >= 15 is 35.1 Å². The Morgan fingerprint density at radius 3 is 1.09 bits per heavy atom. The second-order valence-corrected chi connectivity index (χ2v) is 14.9. The Labute approximate surface area is 367 Å². The van der Waals surface area contributed by atoms with E-state index in [4.69, 9.17) is 0 Å². The van der Waals surface area contributed by atoms with E-state index in [1.807, 2.05) is 18.2 Å². The van der Waals surface area contributed by atoms with E-state index in [2.05, 4.69) is 4.98 Å². The number of carbonyl (C=O) groups is 2. The minimum atomic E-state index is -7.22. The predicted octanol–water partition coefficient (Wildman–Crippen LogP) is 8.86. The first-order valence-electron chi connectivity index (χ1n) is 19.1. The summed E-state index contributed by atoms with van der Waals surface area (Å²) in [7, 11) is 0. The number of halogens is 20. The van der Waals surface area contributed by atoms with Crippen molar-refractivity contribution in [2.75, 3.05) is 0 Å². The Morgan fingerprint density at radius 1 is 0.456 bits per heavy atom. The van der Waals surface area contributed by atoms with Crippen molar-refractivity contribution in [2.24, 2.45) is 5.92 Å². The molecule has 68 heavy (non-hydrogen) atoms. The highest BCUT2D eigenvalue weighted by molar-refractivity contribution is 7.20. The Bertz CT molecular complexity index is 2640. The highest BCUT2D eigenvalue weighted by Gasteiger charge is 2.52. The third-order valence-electron chi connectivity index (χ3n) is 11.2. The molecule has 1 aliphatic rings. The molecule has 1 aromatic heterocycles. The Kier molecular flexibility index (Phi) is 14.5. The maximum Gasteiger partial charge on any atom is 0.267 e. The van der Waals surface area contributed by atoms with E-state index in [0.717, 1.165) is 25.7 Å². The first kappa shape index (κ1) is 50.6. The Balaban J connectivity index is 0.000000276. The van der Waals surface area contributed by atoms with Crippen LogP contribution in [0.2, 0.25) is 0 Å². The Hall–Kier alpha value is -6.82. The number of hydrogen-bond acceptors (Lipinski definition) is 3. The fraction of sp³-hybridized carbons (Fsp3) is 0.163. The van der Waals surface area contributed by atoms with Gasteiger partial charge in [0.1, 0.15) is 58.9 Å². The van der Waals surface area contributed by atoms with Crippen LogP contribution in [0.25, 0.3) is 0 Å². The van der Waals surface area contributed by atoms with Crippen molar-refractivity contribution >= 4 is 39.6 Å². The monoisotopic (exact) mass is 988 g/mol. The zero-order chi connectivity index (χ0) is 50.4. The SMILES string of the molecule is Fc1c(F)c(F)c([B-](c2c(F)c(F)c(F)c(F)c2F)(c2c(F)c(F)c(F)c(F)c2F)c2c(F)c(F)c(F)c(F)c2F)c(F)c1F.O=C(C[n+]1ccncc1C(=O)C1CCCCC1)c1ccccc1. The lowest BCUT2D eigenvalue weighted by Crippen LogP contribution is -2.81. The molecule has 0 radical (unpaired) electrons. The Morgan fingerprint density at radius 2 is 0.765 bits per heavy atom. The van der Waals surface area contributed by atoms with E-state index in [0.29, 0.717) is 11.3 Å². The summed E-state index contributed by atoms with van der Waals surface area (Å²) in [6, 6.07) is 9.17. The van der Waals surface area contributed by atoms with Crippen LogP contribution < -0.4 is 26.4 Å². The number of benzene rings is 5. The minimum Gasteiger partial charge on any atom is -0.287 e. The van der Waals surface area contributed by atoms with Crippen molar-refractivity contribution in [1.82, 2.24) is 4.98 Å². The van der Waals surface area contributed by atoms with Gasteiger partial charge in [-0.1, -0.05) is 49.6 Å². The normalized spacial score (nSPS) is 13.1. The van der Waals surface area contributed by atoms with Crippen LogP contribution in [0.15, 0.2) is 48.9 Å². The van der Waals surface area contributed by atoms with Crippen molar-refractivity contribution in [3.05, 3.63) is 177 Å². The molecule has 1 saturated carbocycles. The molecule has 0 bridgehead atoms. The van der Waals surface area contributed by atoms with E-state index in [-0.39, 0.29) is 24.0 Å². The molecule has 4 nitrogen and oxygen atoms in total. The average Bonchev–Trinajstić information content (AvgIpc) is 3.34. The summed E-state index contributed by atoms with van der Waals surface area (Å²) in [4.78, 5) is 29.3. The van der Waals surface area contributed by atoms with Crippen LogP contribution in [0.5, 0.6) is 0 Å². The molecule has 5 aromatic carbocycles.